The third-order valence-corrected chi connectivity index (χ3v) is 6.17. The van der Waals surface area contributed by atoms with Gasteiger partial charge in [-0.05, 0) is 42.0 Å². The van der Waals surface area contributed by atoms with Crippen LogP contribution in [0, 0.1) is 0 Å². The monoisotopic (exact) mass is 452 g/mol. The van der Waals surface area contributed by atoms with Gasteiger partial charge >= 0.3 is 12.1 Å². The van der Waals surface area contributed by atoms with Crippen LogP contribution in [0.2, 0.25) is 0 Å². The van der Waals surface area contributed by atoms with Gasteiger partial charge in [-0.3, -0.25) is 9.59 Å². The average Bonchev–Trinajstić information content (AvgIpc) is 3.09. The number of carboxylic acid groups (broad SMARTS) is 1. The molecule has 0 spiro atoms. The lowest BCUT2D eigenvalue weighted by Crippen LogP contribution is -2.55. The molecular weight excluding hydrogens is 424 g/mol. The number of fused-ring (bicyclic) bond motifs is 3. The largest absolute Gasteiger partial charge is 0.481 e. The van der Waals surface area contributed by atoms with Gasteiger partial charge in [-0.2, -0.15) is 0 Å². The number of carboxylic acids is 1. The van der Waals surface area contributed by atoms with Crippen molar-refractivity contribution in [2.45, 2.75) is 50.3 Å². The number of rotatable bonds is 9. The molecule has 2 aliphatic rings. The van der Waals surface area contributed by atoms with Crippen molar-refractivity contribution in [2.75, 3.05) is 13.2 Å². The highest BCUT2D eigenvalue weighted by molar-refractivity contribution is 5.89. The van der Waals surface area contributed by atoms with Crippen molar-refractivity contribution in [3.8, 4) is 11.1 Å². The van der Waals surface area contributed by atoms with Crippen molar-refractivity contribution in [3.63, 3.8) is 0 Å². The number of ether oxygens (including phenoxy) is 2. The Bertz CT molecular complexity index is 988. The summed E-state index contributed by atoms with van der Waals surface area (Å²) in [4.78, 5) is 36.3. The molecular formula is C25H28N2O6. The topological polar surface area (TPSA) is 114 Å². The molecule has 2 aromatic carbocycles. The minimum Gasteiger partial charge on any atom is -0.481 e. The molecule has 8 nitrogen and oxygen atoms in total. The fourth-order valence-corrected chi connectivity index (χ4v) is 4.52. The van der Waals surface area contributed by atoms with Crippen LogP contribution in [0.15, 0.2) is 48.5 Å². The molecule has 8 heteroatoms. The van der Waals surface area contributed by atoms with Gasteiger partial charge in [0.2, 0.25) is 5.91 Å². The van der Waals surface area contributed by atoms with Crippen molar-refractivity contribution < 1.29 is 29.0 Å². The summed E-state index contributed by atoms with van der Waals surface area (Å²) in [5.74, 6) is -1.85. The second-order valence-electron chi connectivity index (χ2n) is 8.37. The number of nitrogens with one attached hydrogen (secondary N) is 2. The Balaban J connectivity index is 1.35. The number of carbonyl (C=O) groups excluding carboxylic acids is 2. The molecule has 1 fully saturated rings. The summed E-state index contributed by atoms with van der Waals surface area (Å²) in [5.41, 5.74) is 4.35. The van der Waals surface area contributed by atoms with Crippen LogP contribution in [-0.2, 0) is 19.1 Å². The van der Waals surface area contributed by atoms with Crippen molar-refractivity contribution in [3.05, 3.63) is 59.7 Å². The van der Waals surface area contributed by atoms with E-state index in [-0.39, 0.29) is 24.7 Å². The number of alkyl carbamates (subject to hydrolysis) is 1. The first-order valence-corrected chi connectivity index (χ1v) is 11.2. The number of hydrogen-bond acceptors (Lipinski definition) is 5. The molecule has 1 unspecified atom stereocenters. The standard InChI is InChI=1S/C25H28N2O6/c1-2-32-16-11-15(12-16)26-24(30)22(13-23(28)29)27-25(31)33-14-21-19-9-5-3-7-17(19)18-8-4-6-10-20(18)21/h3-10,15-16,21-22H,2,11-14H2,1H3,(H,26,30)(H,27,31)(H,28,29). The Kier molecular flexibility index (Phi) is 6.93. The van der Waals surface area contributed by atoms with E-state index in [4.69, 9.17) is 9.47 Å². The van der Waals surface area contributed by atoms with Gasteiger partial charge in [-0.25, -0.2) is 4.79 Å². The third-order valence-electron chi connectivity index (χ3n) is 6.17. The first kappa shape index (κ1) is 22.8. The second-order valence-corrected chi connectivity index (χ2v) is 8.37. The van der Waals surface area contributed by atoms with Crippen molar-refractivity contribution in [2.24, 2.45) is 0 Å². The van der Waals surface area contributed by atoms with E-state index in [1.54, 1.807) is 0 Å². The molecule has 0 aromatic heterocycles. The first-order chi connectivity index (χ1) is 16.0. The lowest BCUT2D eigenvalue weighted by molar-refractivity contribution is -0.140. The summed E-state index contributed by atoms with van der Waals surface area (Å²) < 4.78 is 10.9. The average molecular weight is 453 g/mol. The minimum absolute atomic E-state index is 0.0833. The molecule has 0 heterocycles. The van der Waals surface area contributed by atoms with Gasteiger partial charge in [0.15, 0.2) is 0 Å². The zero-order valence-corrected chi connectivity index (χ0v) is 18.5. The number of benzene rings is 2. The smallest absolute Gasteiger partial charge is 0.407 e. The van der Waals surface area contributed by atoms with Gasteiger partial charge in [0.05, 0.1) is 12.5 Å². The maximum absolute atomic E-state index is 12.6. The Morgan fingerprint density at radius 3 is 2.21 bits per heavy atom. The SMILES string of the molecule is CCOC1CC(NC(=O)C(CC(=O)O)NC(=O)OCC2c3ccccc3-c3ccccc32)C1. The summed E-state index contributed by atoms with van der Waals surface area (Å²) in [6, 6.07) is 14.6. The minimum atomic E-state index is -1.22. The number of amides is 2. The highest BCUT2D eigenvalue weighted by Crippen LogP contribution is 2.44. The Morgan fingerprint density at radius 2 is 1.64 bits per heavy atom. The number of carbonyl (C=O) groups is 3. The molecule has 33 heavy (non-hydrogen) atoms. The van der Waals surface area contributed by atoms with E-state index < -0.39 is 30.4 Å². The van der Waals surface area contributed by atoms with Gasteiger partial charge in [0, 0.05) is 18.6 Å². The zero-order chi connectivity index (χ0) is 23.4. The predicted octanol–water partition coefficient (Wildman–Crippen LogP) is 3.05. The second kappa shape index (κ2) is 10.0. The fourth-order valence-electron chi connectivity index (χ4n) is 4.52. The fraction of sp³-hybridized carbons (Fsp3) is 0.400. The molecule has 0 aliphatic heterocycles. The van der Waals surface area contributed by atoms with Gasteiger partial charge in [0.25, 0.3) is 0 Å². The van der Waals surface area contributed by atoms with Crippen LogP contribution in [0.3, 0.4) is 0 Å². The number of aliphatic carboxylic acids is 1. The van der Waals surface area contributed by atoms with E-state index in [2.05, 4.69) is 10.6 Å². The number of hydrogen-bond donors (Lipinski definition) is 3. The molecule has 2 aromatic rings. The van der Waals surface area contributed by atoms with Crippen molar-refractivity contribution in [1.29, 1.82) is 0 Å². The Labute approximate surface area is 192 Å². The molecule has 2 amide bonds. The molecule has 0 radical (unpaired) electrons. The molecule has 0 bridgehead atoms. The lowest BCUT2D eigenvalue weighted by Gasteiger charge is -2.36. The summed E-state index contributed by atoms with van der Waals surface area (Å²) >= 11 is 0. The van der Waals surface area contributed by atoms with E-state index >= 15 is 0 Å². The van der Waals surface area contributed by atoms with Crippen LogP contribution in [0.25, 0.3) is 11.1 Å². The molecule has 1 atom stereocenters. The third kappa shape index (κ3) is 5.17. The van der Waals surface area contributed by atoms with Crippen LogP contribution >= 0.6 is 0 Å². The van der Waals surface area contributed by atoms with E-state index in [9.17, 15) is 19.5 Å². The van der Waals surface area contributed by atoms with E-state index in [0.29, 0.717) is 19.4 Å². The summed E-state index contributed by atoms with van der Waals surface area (Å²) in [6.07, 6.45) is 0.0964. The van der Waals surface area contributed by atoms with Crippen molar-refractivity contribution >= 4 is 18.0 Å². The van der Waals surface area contributed by atoms with E-state index in [0.717, 1.165) is 22.3 Å². The normalized spacial score (nSPS) is 19.5. The maximum Gasteiger partial charge on any atom is 0.407 e. The molecule has 4 rings (SSSR count). The van der Waals surface area contributed by atoms with Gasteiger partial charge < -0.3 is 25.2 Å². The first-order valence-electron chi connectivity index (χ1n) is 11.2. The lowest BCUT2D eigenvalue weighted by atomic mass is 9.89. The van der Waals surface area contributed by atoms with Gasteiger partial charge in [-0.15, -0.1) is 0 Å². The zero-order valence-electron chi connectivity index (χ0n) is 18.5. The van der Waals surface area contributed by atoms with Crippen LogP contribution in [0.5, 0.6) is 0 Å². The van der Waals surface area contributed by atoms with E-state index in [1.807, 2.05) is 55.5 Å². The van der Waals surface area contributed by atoms with E-state index in [1.165, 1.54) is 0 Å². The highest BCUT2D eigenvalue weighted by Gasteiger charge is 2.34. The van der Waals surface area contributed by atoms with Crippen LogP contribution in [0.4, 0.5) is 4.79 Å². The van der Waals surface area contributed by atoms with Gasteiger partial charge in [0.1, 0.15) is 12.6 Å². The quantitative estimate of drug-likeness (QED) is 0.539. The molecule has 3 N–H and O–H groups in total. The molecule has 0 saturated heterocycles. The predicted molar refractivity (Wildman–Crippen MR) is 121 cm³/mol. The maximum atomic E-state index is 12.6. The molecule has 2 aliphatic carbocycles. The van der Waals surface area contributed by atoms with Gasteiger partial charge in [-0.1, -0.05) is 48.5 Å². The summed E-state index contributed by atoms with van der Waals surface area (Å²) in [5, 5.41) is 14.4. The van der Waals surface area contributed by atoms with Crippen LogP contribution in [-0.4, -0.2) is 54.5 Å². The van der Waals surface area contributed by atoms with Crippen LogP contribution in [0.1, 0.15) is 43.2 Å². The van der Waals surface area contributed by atoms with Crippen molar-refractivity contribution in [1.82, 2.24) is 10.6 Å². The summed E-state index contributed by atoms with van der Waals surface area (Å²) in [7, 11) is 0. The highest BCUT2D eigenvalue weighted by atomic mass is 16.5. The molecule has 1 saturated carbocycles. The Hall–Kier alpha value is -3.39. The molecule has 174 valence electrons. The van der Waals surface area contributed by atoms with Crippen LogP contribution < -0.4 is 10.6 Å². The Morgan fingerprint density at radius 1 is 1.03 bits per heavy atom. The summed E-state index contributed by atoms with van der Waals surface area (Å²) in [6.45, 7) is 2.60.